The van der Waals surface area contributed by atoms with Crippen molar-refractivity contribution in [3.63, 3.8) is 0 Å². The number of hydrogen-bond acceptors (Lipinski definition) is 4. The number of rotatable bonds is 10. The third kappa shape index (κ3) is 7.52. The van der Waals surface area contributed by atoms with Gasteiger partial charge in [0.2, 0.25) is 5.91 Å². The van der Waals surface area contributed by atoms with Crippen molar-refractivity contribution in [3.8, 4) is 0 Å². The number of amides is 1. The van der Waals surface area contributed by atoms with Crippen LogP contribution in [0.4, 0.5) is 0 Å². The minimum absolute atomic E-state index is 0.339. The first kappa shape index (κ1) is 18.8. The smallest absolute Gasteiger partial charge is 0.232 e. The lowest BCUT2D eigenvalue weighted by Gasteiger charge is -2.32. The average Bonchev–Trinajstić information content (AvgIpc) is 2.53. The summed E-state index contributed by atoms with van der Waals surface area (Å²) in [5, 5.41) is 3.21. The molecule has 21 heavy (non-hydrogen) atoms. The van der Waals surface area contributed by atoms with Gasteiger partial charge in [-0.15, -0.1) is 0 Å². The van der Waals surface area contributed by atoms with Crippen molar-refractivity contribution in [2.45, 2.75) is 33.1 Å². The Morgan fingerprint density at radius 2 is 1.95 bits per heavy atom. The third-order valence-electron chi connectivity index (χ3n) is 4.44. The minimum atomic E-state index is 0.339. The molecule has 0 aromatic heterocycles. The van der Waals surface area contributed by atoms with E-state index in [1.54, 1.807) is 11.8 Å². The quantitative estimate of drug-likeness (QED) is 0.625. The fourth-order valence-corrected chi connectivity index (χ4v) is 3.69. The molecule has 0 atom stereocenters. The highest BCUT2D eigenvalue weighted by molar-refractivity contribution is 7.99. The van der Waals surface area contributed by atoms with Gasteiger partial charge in [0.25, 0.3) is 0 Å². The number of likely N-dealkylation sites (tertiary alicyclic amines) is 1. The van der Waals surface area contributed by atoms with Crippen LogP contribution in [0.5, 0.6) is 0 Å². The van der Waals surface area contributed by atoms with Gasteiger partial charge in [-0.2, -0.15) is 11.8 Å². The molecule has 1 N–H and O–H groups in total. The zero-order valence-corrected chi connectivity index (χ0v) is 14.9. The zero-order valence-electron chi connectivity index (χ0n) is 14.1. The Hall–Kier alpha value is -0.260. The molecule has 124 valence electrons. The molecule has 1 rings (SSSR count). The average molecular weight is 316 g/mol. The minimum Gasteiger partial charge on any atom is -0.342 e. The molecular weight excluding hydrogens is 282 g/mol. The van der Waals surface area contributed by atoms with Crippen molar-refractivity contribution in [1.29, 1.82) is 0 Å². The number of hydrogen-bond donors (Lipinski definition) is 1. The van der Waals surface area contributed by atoms with E-state index in [0.29, 0.717) is 11.7 Å². The molecule has 0 bridgehead atoms. The van der Waals surface area contributed by atoms with Crippen molar-refractivity contribution in [1.82, 2.24) is 15.1 Å². The van der Waals surface area contributed by atoms with Crippen molar-refractivity contribution < 1.29 is 4.79 Å². The van der Waals surface area contributed by atoms with Crippen molar-refractivity contribution >= 4 is 17.7 Å². The summed E-state index contributed by atoms with van der Waals surface area (Å²) in [6, 6.07) is 0. The van der Waals surface area contributed by atoms with E-state index < -0.39 is 0 Å². The van der Waals surface area contributed by atoms with Gasteiger partial charge >= 0.3 is 0 Å². The molecule has 5 heteroatoms. The van der Waals surface area contributed by atoms with E-state index >= 15 is 0 Å². The summed E-state index contributed by atoms with van der Waals surface area (Å²) in [6.45, 7) is 10.7. The van der Waals surface area contributed by atoms with Crippen LogP contribution in [0.1, 0.15) is 33.1 Å². The van der Waals surface area contributed by atoms with Gasteiger partial charge in [0.05, 0.1) is 5.75 Å². The van der Waals surface area contributed by atoms with Crippen LogP contribution >= 0.6 is 11.8 Å². The maximum atomic E-state index is 12.2. The molecule has 1 heterocycles. The monoisotopic (exact) mass is 315 g/mol. The van der Waals surface area contributed by atoms with Crippen molar-refractivity contribution in [3.05, 3.63) is 0 Å². The lowest BCUT2D eigenvalue weighted by Crippen LogP contribution is -2.40. The Morgan fingerprint density at radius 1 is 1.29 bits per heavy atom. The van der Waals surface area contributed by atoms with Crippen LogP contribution in [0, 0.1) is 5.92 Å². The molecule has 0 aromatic carbocycles. The summed E-state index contributed by atoms with van der Waals surface area (Å²) in [7, 11) is 2.01. The summed E-state index contributed by atoms with van der Waals surface area (Å²) in [4.78, 5) is 16.7. The van der Waals surface area contributed by atoms with Crippen LogP contribution < -0.4 is 5.32 Å². The fraction of sp³-hybridized carbons (Fsp3) is 0.938. The second kappa shape index (κ2) is 11.3. The van der Waals surface area contributed by atoms with E-state index in [4.69, 9.17) is 0 Å². The van der Waals surface area contributed by atoms with Crippen LogP contribution in [0.2, 0.25) is 0 Å². The molecule has 0 radical (unpaired) electrons. The molecule has 0 unspecified atom stereocenters. The number of thioether (sulfide) groups is 1. The number of nitrogens with one attached hydrogen (secondary N) is 1. The third-order valence-corrected chi connectivity index (χ3v) is 5.36. The molecule has 0 aromatic rings. The normalized spacial score (nSPS) is 16.7. The summed E-state index contributed by atoms with van der Waals surface area (Å²) in [5.74, 6) is 2.86. The molecule has 0 spiro atoms. The molecule has 1 fully saturated rings. The Bertz CT molecular complexity index is 277. The fourth-order valence-electron chi connectivity index (χ4n) is 2.80. The van der Waals surface area contributed by atoms with E-state index in [0.717, 1.165) is 50.9 Å². The summed E-state index contributed by atoms with van der Waals surface area (Å²) in [6.07, 6.45) is 3.60. The summed E-state index contributed by atoms with van der Waals surface area (Å²) < 4.78 is 0. The number of nitrogens with zero attached hydrogens (tertiary/aromatic N) is 2. The largest absolute Gasteiger partial charge is 0.342 e. The maximum absolute atomic E-state index is 12.2. The topological polar surface area (TPSA) is 35.6 Å². The second-order valence-corrected chi connectivity index (χ2v) is 6.90. The molecule has 1 aliphatic heterocycles. The van der Waals surface area contributed by atoms with Gasteiger partial charge in [0.15, 0.2) is 0 Å². The van der Waals surface area contributed by atoms with Gasteiger partial charge in [0.1, 0.15) is 0 Å². The maximum Gasteiger partial charge on any atom is 0.232 e. The Kier molecular flexibility index (Phi) is 10.1. The van der Waals surface area contributed by atoms with Crippen LogP contribution in [0.3, 0.4) is 0 Å². The Labute approximate surface area is 135 Å². The Balaban J connectivity index is 2.11. The van der Waals surface area contributed by atoms with E-state index in [1.807, 2.05) is 7.05 Å². The number of carbonyl (C=O) groups is 1. The van der Waals surface area contributed by atoms with Gasteiger partial charge in [-0.3, -0.25) is 4.79 Å². The number of carbonyl (C=O) groups excluding carboxylic acids is 1. The zero-order chi connectivity index (χ0) is 15.5. The molecule has 4 nitrogen and oxygen atoms in total. The first-order chi connectivity index (χ1) is 10.2. The van der Waals surface area contributed by atoms with Crippen LogP contribution in [-0.4, -0.2) is 73.5 Å². The molecule has 1 amide bonds. The van der Waals surface area contributed by atoms with Crippen molar-refractivity contribution in [2.24, 2.45) is 5.92 Å². The standard InChI is InChI=1S/C16H33N3OS/c1-4-18(5-2)12-13-21-14-16(20)19-10-7-15(8-11-19)6-9-17-3/h15,17H,4-14H2,1-3H3. The highest BCUT2D eigenvalue weighted by atomic mass is 32.2. The van der Waals surface area contributed by atoms with Gasteiger partial charge in [0, 0.05) is 25.4 Å². The van der Waals surface area contributed by atoms with E-state index in [1.165, 1.54) is 19.3 Å². The molecule has 1 saturated heterocycles. The van der Waals surface area contributed by atoms with E-state index in [-0.39, 0.29) is 0 Å². The number of piperidine rings is 1. The van der Waals surface area contributed by atoms with Crippen LogP contribution in [0.15, 0.2) is 0 Å². The van der Waals surface area contributed by atoms with Gasteiger partial charge < -0.3 is 15.1 Å². The SMILES string of the molecule is CCN(CC)CCSCC(=O)N1CCC(CCNC)CC1. The van der Waals surface area contributed by atoms with E-state index in [9.17, 15) is 4.79 Å². The van der Waals surface area contributed by atoms with Gasteiger partial charge in [-0.05, 0) is 51.9 Å². The van der Waals surface area contributed by atoms with Gasteiger partial charge in [-0.1, -0.05) is 13.8 Å². The highest BCUT2D eigenvalue weighted by Crippen LogP contribution is 2.20. The van der Waals surface area contributed by atoms with Crippen LogP contribution in [0.25, 0.3) is 0 Å². The second-order valence-electron chi connectivity index (χ2n) is 5.80. The van der Waals surface area contributed by atoms with Crippen molar-refractivity contribution in [2.75, 3.05) is 57.8 Å². The Morgan fingerprint density at radius 3 is 2.52 bits per heavy atom. The lowest BCUT2D eigenvalue weighted by atomic mass is 9.93. The first-order valence-corrected chi connectivity index (χ1v) is 9.59. The van der Waals surface area contributed by atoms with Gasteiger partial charge in [-0.25, -0.2) is 0 Å². The predicted molar refractivity (Wildman–Crippen MR) is 93.0 cm³/mol. The van der Waals surface area contributed by atoms with E-state index in [2.05, 4.69) is 29.0 Å². The summed E-state index contributed by atoms with van der Waals surface area (Å²) in [5.41, 5.74) is 0. The van der Waals surface area contributed by atoms with Crippen LogP contribution in [-0.2, 0) is 4.79 Å². The molecular formula is C16H33N3OS. The predicted octanol–water partition coefficient (Wildman–Crippen LogP) is 1.91. The highest BCUT2D eigenvalue weighted by Gasteiger charge is 2.22. The molecule has 1 aliphatic rings. The lowest BCUT2D eigenvalue weighted by molar-refractivity contribution is -0.129. The molecule has 0 aliphatic carbocycles. The molecule has 0 saturated carbocycles. The first-order valence-electron chi connectivity index (χ1n) is 8.43. The summed E-state index contributed by atoms with van der Waals surface area (Å²) >= 11 is 1.79.